The summed E-state index contributed by atoms with van der Waals surface area (Å²) in [5.41, 5.74) is 3.44. The lowest BCUT2D eigenvalue weighted by atomic mass is 10.2. The van der Waals surface area contributed by atoms with Crippen LogP contribution in [-0.4, -0.2) is 14.5 Å². The third kappa shape index (κ3) is 2.81. The minimum absolute atomic E-state index is 0.432. The minimum atomic E-state index is 0.432. The van der Waals surface area contributed by atoms with Crippen molar-refractivity contribution >= 4 is 45.2 Å². The Hall–Kier alpha value is -1.14. The molecule has 2 heterocycles. The third-order valence-corrected chi connectivity index (χ3v) is 4.19. The van der Waals surface area contributed by atoms with Crippen molar-refractivity contribution in [1.29, 1.82) is 0 Å². The summed E-state index contributed by atoms with van der Waals surface area (Å²) < 4.78 is 3.40. The van der Waals surface area contributed by atoms with E-state index >= 15 is 0 Å². The highest BCUT2D eigenvalue weighted by molar-refractivity contribution is 14.1. The second kappa shape index (κ2) is 6.10. The van der Waals surface area contributed by atoms with Crippen LogP contribution in [0.5, 0.6) is 0 Å². The van der Waals surface area contributed by atoms with Crippen LogP contribution in [-0.2, 0) is 18.8 Å². The molecule has 2 aromatic heterocycles. The van der Waals surface area contributed by atoms with Gasteiger partial charge < -0.3 is 4.57 Å². The van der Waals surface area contributed by atoms with Crippen molar-refractivity contribution in [3.8, 4) is 0 Å². The van der Waals surface area contributed by atoms with E-state index in [0.29, 0.717) is 5.88 Å². The first kappa shape index (κ1) is 13.8. The topological polar surface area (TPSA) is 30.7 Å². The van der Waals surface area contributed by atoms with Gasteiger partial charge in [0.15, 0.2) is 0 Å². The molecule has 20 heavy (non-hydrogen) atoms. The fourth-order valence-electron chi connectivity index (χ4n) is 2.29. The average molecular weight is 398 g/mol. The largest absolute Gasteiger partial charge is 0.327 e. The summed E-state index contributed by atoms with van der Waals surface area (Å²) in [4.78, 5) is 8.66. The van der Waals surface area contributed by atoms with Crippen LogP contribution in [0.25, 0.3) is 11.0 Å². The molecule has 0 aliphatic carbocycles. The van der Waals surface area contributed by atoms with Gasteiger partial charge >= 0.3 is 0 Å². The number of hydrogen-bond donors (Lipinski definition) is 0. The summed E-state index contributed by atoms with van der Waals surface area (Å²) in [6.45, 7) is 0.878. The Bertz CT molecular complexity index is 725. The van der Waals surface area contributed by atoms with E-state index in [2.05, 4.69) is 55.3 Å². The van der Waals surface area contributed by atoms with Crippen molar-refractivity contribution in [2.45, 2.75) is 18.8 Å². The minimum Gasteiger partial charge on any atom is -0.327 e. The quantitative estimate of drug-likeness (QED) is 0.492. The van der Waals surface area contributed by atoms with Gasteiger partial charge in [0.05, 0.1) is 16.9 Å². The molecule has 0 unspecified atom stereocenters. The van der Waals surface area contributed by atoms with Gasteiger partial charge in [0, 0.05) is 22.5 Å². The summed E-state index contributed by atoms with van der Waals surface area (Å²) in [5, 5.41) is 0. The highest BCUT2D eigenvalue weighted by atomic mass is 127. The Balaban J connectivity index is 1.93. The van der Waals surface area contributed by atoms with Crippen LogP contribution in [0, 0.1) is 3.57 Å². The summed E-state index contributed by atoms with van der Waals surface area (Å²) in [6.07, 6.45) is 4.60. The lowest BCUT2D eigenvalue weighted by Crippen LogP contribution is -2.05. The fraction of sp³-hybridized carbons (Fsp3) is 0.200. The molecule has 3 rings (SSSR count). The van der Waals surface area contributed by atoms with Crippen molar-refractivity contribution < 1.29 is 0 Å². The van der Waals surface area contributed by atoms with E-state index in [1.807, 2.05) is 24.5 Å². The van der Waals surface area contributed by atoms with Crippen LogP contribution in [0.15, 0.2) is 42.7 Å². The maximum absolute atomic E-state index is 6.03. The number of nitrogens with zero attached hydrogens (tertiary/aromatic N) is 3. The number of halogens is 2. The van der Waals surface area contributed by atoms with E-state index in [0.717, 1.165) is 29.8 Å². The van der Waals surface area contributed by atoms with Gasteiger partial charge in [0.2, 0.25) is 0 Å². The predicted octanol–water partition coefficient (Wildman–Crippen LogP) is 4.02. The highest BCUT2D eigenvalue weighted by Crippen LogP contribution is 2.20. The molecule has 0 saturated heterocycles. The summed E-state index contributed by atoms with van der Waals surface area (Å²) in [7, 11) is 0. The Kier molecular flexibility index (Phi) is 4.21. The van der Waals surface area contributed by atoms with Gasteiger partial charge in [-0.2, -0.15) is 0 Å². The van der Waals surface area contributed by atoms with Crippen molar-refractivity contribution in [2.24, 2.45) is 0 Å². The van der Waals surface area contributed by atoms with E-state index in [4.69, 9.17) is 11.6 Å². The number of aromatic nitrogens is 3. The zero-order valence-corrected chi connectivity index (χ0v) is 13.7. The summed E-state index contributed by atoms with van der Waals surface area (Å²) in [6, 6.07) is 10.4. The van der Waals surface area contributed by atoms with E-state index < -0.39 is 0 Å². The second-order valence-corrected chi connectivity index (χ2v) is 6.06. The first-order valence-electron chi connectivity index (χ1n) is 6.37. The molecule has 0 atom stereocenters. The fourth-order valence-corrected chi connectivity index (χ4v) is 2.97. The standard InChI is InChI=1S/C15H13ClIN3/c16-10-15-19-13-9-12(17)1-2-14(13)20(15)8-5-11-3-6-18-7-4-11/h1-4,6-7,9H,5,8,10H2. The zero-order chi connectivity index (χ0) is 13.9. The molecule has 0 bridgehead atoms. The lowest BCUT2D eigenvalue weighted by Gasteiger charge is -2.07. The molecule has 102 valence electrons. The Labute approximate surface area is 136 Å². The number of imidazole rings is 1. The van der Waals surface area contributed by atoms with Crippen molar-refractivity contribution in [3.05, 3.63) is 57.7 Å². The normalized spacial score (nSPS) is 11.1. The third-order valence-electron chi connectivity index (χ3n) is 3.28. The Morgan fingerprint density at radius 1 is 1.15 bits per heavy atom. The molecule has 0 fully saturated rings. The van der Waals surface area contributed by atoms with E-state index in [1.165, 1.54) is 9.13 Å². The first-order valence-corrected chi connectivity index (χ1v) is 7.99. The van der Waals surface area contributed by atoms with Crippen molar-refractivity contribution in [3.63, 3.8) is 0 Å². The molecule has 0 aliphatic rings. The molecule has 3 aromatic rings. The average Bonchev–Trinajstić information content (AvgIpc) is 2.83. The number of pyridine rings is 1. The summed E-state index contributed by atoms with van der Waals surface area (Å²) >= 11 is 8.33. The van der Waals surface area contributed by atoms with Gasteiger partial charge in [-0.05, 0) is 64.9 Å². The number of alkyl halides is 1. The maximum Gasteiger partial charge on any atom is 0.124 e. The molecular weight excluding hydrogens is 385 g/mol. The summed E-state index contributed by atoms with van der Waals surface area (Å²) in [5.74, 6) is 1.36. The van der Waals surface area contributed by atoms with E-state index in [-0.39, 0.29) is 0 Å². The van der Waals surface area contributed by atoms with E-state index in [1.54, 1.807) is 0 Å². The first-order chi connectivity index (χ1) is 9.78. The lowest BCUT2D eigenvalue weighted by molar-refractivity contribution is 0.687. The molecule has 0 N–H and O–H groups in total. The van der Waals surface area contributed by atoms with Crippen LogP contribution in [0.2, 0.25) is 0 Å². The van der Waals surface area contributed by atoms with Gasteiger partial charge in [-0.3, -0.25) is 4.98 Å². The van der Waals surface area contributed by atoms with Gasteiger partial charge in [-0.25, -0.2) is 4.98 Å². The number of fused-ring (bicyclic) bond motifs is 1. The molecule has 3 nitrogen and oxygen atoms in total. The molecule has 0 saturated carbocycles. The van der Waals surface area contributed by atoms with Crippen molar-refractivity contribution in [1.82, 2.24) is 14.5 Å². The molecule has 0 amide bonds. The monoisotopic (exact) mass is 397 g/mol. The Morgan fingerprint density at radius 2 is 1.95 bits per heavy atom. The molecule has 0 radical (unpaired) electrons. The predicted molar refractivity (Wildman–Crippen MR) is 89.9 cm³/mol. The number of benzene rings is 1. The van der Waals surface area contributed by atoms with Crippen LogP contribution in [0.3, 0.4) is 0 Å². The second-order valence-electron chi connectivity index (χ2n) is 4.55. The van der Waals surface area contributed by atoms with Crippen LogP contribution >= 0.6 is 34.2 Å². The van der Waals surface area contributed by atoms with Crippen LogP contribution in [0.1, 0.15) is 11.4 Å². The van der Waals surface area contributed by atoms with Gasteiger partial charge in [-0.1, -0.05) is 0 Å². The van der Waals surface area contributed by atoms with Crippen LogP contribution in [0.4, 0.5) is 0 Å². The zero-order valence-electron chi connectivity index (χ0n) is 10.8. The smallest absolute Gasteiger partial charge is 0.124 e. The van der Waals surface area contributed by atoms with E-state index in [9.17, 15) is 0 Å². The number of aryl methyl sites for hydroxylation is 2. The number of rotatable bonds is 4. The molecule has 1 aromatic carbocycles. The molecule has 0 aliphatic heterocycles. The van der Waals surface area contributed by atoms with Crippen molar-refractivity contribution in [2.75, 3.05) is 0 Å². The molecule has 0 spiro atoms. The van der Waals surface area contributed by atoms with Crippen LogP contribution < -0.4 is 0 Å². The number of hydrogen-bond acceptors (Lipinski definition) is 2. The SMILES string of the molecule is ClCc1nc2cc(I)ccc2n1CCc1ccncc1. The Morgan fingerprint density at radius 3 is 2.70 bits per heavy atom. The molecular formula is C15H13ClIN3. The maximum atomic E-state index is 6.03. The van der Waals surface area contributed by atoms with Gasteiger partial charge in [0.25, 0.3) is 0 Å². The van der Waals surface area contributed by atoms with Gasteiger partial charge in [-0.15, -0.1) is 11.6 Å². The highest BCUT2D eigenvalue weighted by Gasteiger charge is 2.10. The molecule has 5 heteroatoms. The van der Waals surface area contributed by atoms with Gasteiger partial charge in [0.1, 0.15) is 5.82 Å².